The number of unbranched alkanes of at least 4 members (excludes halogenated alkanes) is 5. The molecule has 0 aliphatic carbocycles. The summed E-state index contributed by atoms with van der Waals surface area (Å²) in [7, 11) is 2.20. The van der Waals surface area contributed by atoms with Crippen molar-refractivity contribution in [1.29, 1.82) is 0 Å². The van der Waals surface area contributed by atoms with Gasteiger partial charge in [0.2, 0.25) is 0 Å². The number of hydrogen-bond donors (Lipinski definition) is 0. The van der Waals surface area contributed by atoms with Crippen molar-refractivity contribution < 1.29 is 9.53 Å². The van der Waals surface area contributed by atoms with Crippen LogP contribution < -0.4 is 0 Å². The van der Waals surface area contributed by atoms with Gasteiger partial charge in [0, 0.05) is 19.6 Å². The first kappa shape index (κ1) is 25.3. The first-order valence-electron chi connectivity index (χ1n) is 12.1. The number of cyclic esters (lactones) is 1. The summed E-state index contributed by atoms with van der Waals surface area (Å²) in [6.07, 6.45) is 14.3. The summed E-state index contributed by atoms with van der Waals surface area (Å²) in [5, 5.41) is 0. The fourth-order valence-electron chi connectivity index (χ4n) is 4.28. The highest BCUT2D eigenvalue weighted by atomic mass is 16.6. The van der Waals surface area contributed by atoms with Crippen LogP contribution in [0.25, 0.3) is 0 Å². The van der Waals surface area contributed by atoms with E-state index in [0.29, 0.717) is 5.92 Å². The molecule has 0 N–H and O–H groups in total. The van der Waals surface area contributed by atoms with Gasteiger partial charge in [-0.2, -0.15) is 0 Å². The molecule has 0 aromatic heterocycles. The number of carbonyl (C=O) groups excluding carboxylic acids is 1. The largest absolute Gasteiger partial charge is 0.443 e. The third-order valence-corrected chi connectivity index (χ3v) is 5.93. The predicted octanol–water partition coefficient (Wildman–Crippen LogP) is 6.34. The van der Waals surface area contributed by atoms with Crippen LogP contribution in [0.2, 0.25) is 0 Å². The van der Waals surface area contributed by atoms with Gasteiger partial charge in [-0.25, -0.2) is 4.79 Å². The number of nitrogens with zero attached hydrogens (tertiary/aromatic N) is 2. The van der Waals surface area contributed by atoms with Gasteiger partial charge in [0.1, 0.15) is 6.10 Å². The van der Waals surface area contributed by atoms with Gasteiger partial charge in [-0.1, -0.05) is 72.6 Å². The molecule has 0 spiro atoms. The first-order chi connectivity index (χ1) is 13.5. The highest BCUT2D eigenvalue weighted by Crippen LogP contribution is 2.20. The second-order valence-electron chi connectivity index (χ2n) is 9.42. The number of rotatable bonds is 17. The summed E-state index contributed by atoms with van der Waals surface area (Å²) in [6.45, 7) is 12.6. The lowest BCUT2D eigenvalue weighted by atomic mass is 9.94. The van der Waals surface area contributed by atoms with E-state index in [1.807, 2.05) is 4.90 Å². The molecule has 0 aromatic rings. The van der Waals surface area contributed by atoms with E-state index in [2.05, 4.69) is 39.6 Å². The summed E-state index contributed by atoms with van der Waals surface area (Å²) in [4.78, 5) is 16.4. The molecule has 1 rings (SSSR count). The lowest BCUT2D eigenvalue weighted by Gasteiger charge is -2.26. The van der Waals surface area contributed by atoms with Crippen LogP contribution in [0.15, 0.2) is 0 Å². The summed E-state index contributed by atoms with van der Waals surface area (Å²) >= 11 is 0. The van der Waals surface area contributed by atoms with Gasteiger partial charge >= 0.3 is 6.09 Å². The maximum atomic E-state index is 12.1. The quantitative estimate of drug-likeness (QED) is 0.269. The van der Waals surface area contributed by atoms with Gasteiger partial charge in [0.15, 0.2) is 0 Å². The standard InChI is InChI=1S/C24H48N2O2/c1-6-8-10-12-16-22(15-11-9-7-2)18-25(5)19-23-20-26(24(27)28-23)17-13-14-21(3)4/h21-23H,6-20H2,1-5H3/t22?,23-/m0/s1. The first-order valence-corrected chi connectivity index (χ1v) is 12.1. The van der Waals surface area contributed by atoms with Gasteiger partial charge in [0.25, 0.3) is 0 Å². The van der Waals surface area contributed by atoms with Crippen molar-refractivity contribution in [2.24, 2.45) is 11.8 Å². The van der Waals surface area contributed by atoms with Crippen molar-refractivity contribution in [1.82, 2.24) is 9.80 Å². The molecule has 28 heavy (non-hydrogen) atoms. The molecule has 4 heteroatoms. The van der Waals surface area contributed by atoms with E-state index >= 15 is 0 Å². The minimum atomic E-state index is -0.110. The summed E-state index contributed by atoms with van der Waals surface area (Å²) in [5.74, 6) is 1.48. The van der Waals surface area contributed by atoms with E-state index in [-0.39, 0.29) is 12.2 Å². The van der Waals surface area contributed by atoms with Crippen LogP contribution in [0.4, 0.5) is 4.79 Å². The zero-order valence-corrected chi connectivity index (χ0v) is 19.5. The SMILES string of the molecule is CCCCCCC(CCCCC)CN(C)C[C@H]1CN(CCCC(C)C)C(=O)O1. The van der Waals surface area contributed by atoms with Gasteiger partial charge < -0.3 is 14.5 Å². The van der Waals surface area contributed by atoms with Crippen molar-refractivity contribution in [3.63, 3.8) is 0 Å². The molecule has 0 saturated carbocycles. The monoisotopic (exact) mass is 396 g/mol. The maximum Gasteiger partial charge on any atom is 0.410 e. The summed E-state index contributed by atoms with van der Waals surface area (Å²) in [6, 6.07) is 0. The summed E-state index contributed by atoms with van der Waals surface area (Å²) in [5.41, 5.74) is 0. The Kier molecular flexibility index (Phi) is 13.6. The Morgan fingerprint density at radius 3 is 2.29 bits per heavy atom. The predicted molar refractivity (Wildman–Crippen MR) is 120 cm³/mol. The van der Waals surface area contributed by atoms with Gasteiger partial charge in [0.05, 0.1) is 6.54 Å². The van der Waals surface area contributed by atoms with Crippen molar-refractivity contribution in [3.05, 3.63) is 0 Å². The van der Waals surface area contributed by atoms with Gasteiger partial charge in [-0.15, -0.1) is 0 Å². The highest BCUT2D eigenvalue weighted by Gasteiger charge is 2.31. The molecule has 2 atom stereocenters. The molecule has 166 valence electrons. The van der Waals surface area contributed by atoms with E-state index in [0.717, 1.165) is 38.5 Å². The molecule has 1 aliphatic rings. The molecule has 4 nitrogen and oxygen atoms in total. The van der Waals surface area contributed by atoms with E-state index in [1.54, 1.807) is 0 Å². The zero-order chi connectivity index (χ0) is 20.8. The number of amides is 1. The average molecular weight is 397 g/mol. The number of carbonyl (C=O) groups is 1. The normalized spacial score (nSPS) is 18.3. The molecule has 1 heterocycles. The molecule has 0 aromatic carbocycles. The Morgan fingerprint density at radius 2 is 1.64 bits per heavy atom. The Morgan fingerprint density at radius 1 is 1.00 bits per heavy atom. The molecule has 0 bridgehead atoms. The fraction of sp³-hybridized carbons (Fsp3) is 0.958. The molecular formula is C24H48N2O2. The Hall–Kier alpha value is -0.770. The van der Waals surface area contributed by atoms with Crippen LogP contribution in [0.3, 0.4) is 0 Å². The number of likely N-dealkylation sites (N-methyl/N-ethyl adjacent to an activating group) is 1. The molecule has 1 fully saturated rings. The minimum absolute atomic E-state index is 0.0351. The van der Waals surface area contributed by atoms with Crippen molar-refractivity contribution in [3.8, 4) is 0 Å². The number of hydrogen-bond acceptors (Lipinski definition) is 3. The van der Waals surface area contributed by atoms with Crippen molar-refractivity contribution in [2.75, 3.05) is 33.2 Å². The average Bonchev–Trinajstić information content (AvgIpc) is 2.97. The van der Waals surface area contributed by atoms with Gasteiger partial charge in [-0.05, 0) is 44.6 Å². The van der Waals surface area contributed by atoms with Crippen LogP contribution in [-0.2, 0) is 4.74 Å². The van der Waals surface area contributed by atoms with Crippen molar-refractivity contribution in [2.45, 2.75) is 104 Å². The summed E-state index contributed by atoms with van der Waals surface area (Å²) < 4.78 is 5.64. The van der Waals surface area contributed by atoms with Crippen LogP contribution in [0, 0.1) is 11.8 Å². The third kappa shape index (κ3) is 11.3. The van der Waals surface area contributed by atoms with Gasteiger partial charge in [-0.3, -0.25) is 0 Å². The van der Waals surface area contributed by atoms with E-state index < -0.39 is 0 Å². The Balaban J connectivity index is 2.36. The van der Waals surface area contributed by atoms with Crippen LogP contribution >= 0.6 is 0 Å². The molecular weight excluding hydrogens is 348 g/mol. The van der Waals surface area contributed by atoms with Crippen LogP contribution in [-0.4, -0.2) is 55.2 Å². The molecule has 1 unspecified atom stereocenters. The molecule has 1 saturated heterocycles. The highest BCUT2D eigenvalue weighted by molar-refractivity contribution is 5.69. The van der Waals surface area contributed by atoms with Crippen LogP contribution in [0.1, 0.15) is 98.3 Å². The molecule has 0 radical (unpaired) electrons. The number of ether oxygens (including phenoxy) is 1. The third-order valence-electron chi connectivity index (χ3n) is 5.93. The van der Waals surface area contributed by atoms with E-state index in [4.69, 9.17) is 4.74 Å². The Labute approximate surface area is 175 Å². The van der Waals surface area contributed by atoms with Crippen molar-refractivity contribution >= 4 is 6.09 Å². The fourth-order valence-corrected chi connectivity index (χ4v) is 4.28. The van der Waals surface area contributed by atoms with Crippen LogP contribution in [0.5, 0.6) is 0 Å². The molecule has 1 amide bonds. The topological polar surface area (TPSA) is 32.8 Å². The lowest BCUT2D eigenvalue weighted by molar-refractivity contribution is 0.107. The maximum absolute atomic E-state index is 12.1. The Bertz CT molecular complexity index is 400. The molecule has 1 aliphatic heterocycles. The second kappa shape index (κ2) is 15.1. The lowest BCUT2D eigenvalue weighted by Crippen LogP contribution is -2.35. The minimum Gasteiger partial charge on any atom is -0.443 e. The second-order valence-corrected chi connectivity index (χ2v) is 9.42. The zero-order valence-electron chi connectivity index (χ0n) is 19.5. The van der Waals surface area contributed by atoms with E-state index in [9.17, 15) is 4.79 Å². The smallest absolute Gasteiger partial charge is 0.410 e. The van der Waals surface area contributed by atoms with E-state index in [1.165, 1.54) is 64.2 Å².